The monoisotopic (exact) mass is 295 g/mol. The van der Waals surface area contributed by atoms with Gasteiger partial charge in [-0.2, -0.15) is 13.2 Å². The molecule has 0 spiro atoms. The van der Waals surface area contributed by atoms with Gasteiger partial charge in [-0.3, -0.25) is 0 Å². The van der Waals surface area contributed by atoms with Gasteiger partial charge in [-0.1, -0.05) is 24.3 Å². The largest absolute Gasteiger partial charge is 0.489 e. The summed E-state index contributed by atoms with van der Waals surface area (Å²) in [6.45, 7) is 2.10. The van der Waals surface area contributed by atoms with Crippen molar-refractivity contribution in [2.75, 3.05) is 0 Å². The lowest BCUT2D eigenvalue weighted by atomic mass is 10.1. The van der Waals surface area contributed by atoms with E-state index in [0.717, 1.165) is 17.7 Å². The summed E-state index contributed by atoms with van der Waals surface area (Å²) in [6, 6.07) is 12.2. The molecule has 2 aromatic carbocycles. The van der Waals surface area contributed by atoms with Crippen LogP contribution in [0.1, 0.15) is 29.7 Å². The first-order chi connectivity index (χ1) is 9.86. The molecule has 1 atom stereocenters. The fourth-order valence-electron chi connectivity index (χ4n) is 1.82. The molecule has 0 unspecified atom stereocenters. The summed E-state index contributed by atoms with van der Waals surface area (Å²) in [5.74, 6) is 0.652. The van der Waals surface area contributed by atoms with Crippen LogP contribution in [0.3, 0.4) is 0 Å². The van der Waals surface area contributed by atoms with Crippen molar-refractivity contribution in [3.63, 3.8) is 0 Å². The molecule has 0 aliphatic heterocycles. The Labute approximate surface area is 121 Å². The van der Waals surface area contributed by atoms with E-state index in [1.807, 2.05) is 19.1 Å². The van der Waals surface area contributed by atoms with Crippen LogP contribution in [0, 0.1) is 0 Å². The molecule has 0 saturated heterocycles. The van der Waals surface area contributed by atoms with Gasteiger partial charge in [0.25, 0.3) is 0 Å². The van der Waals surface area contributed by atoms with Gasteiger partial charge < -0.3 is 10.5 Å². The smallest absolute Gasteiger partial charge is 0.416 e. The summed E-state index contributed by atoms with van der Waals surface area (Å²) in [7, 11) is 0. The van der Waals surface area contributed by atoms with Crippen molar-refractivity contribution >= 4 is 0 Å². The number of nitrogens with two attached hydrogens (primary N) is 1. The molecular formula is C16H16F3NO. The first-order valence-corrected chi connectivity index (χ1v) is 6.51. The summed E-state index contributed by atoms with van der Waals surface area (Å²) >= 11 is 0. The molecule has 2 N–H and O–H groups in total. The fraction of sp³-hybridized carbons (Fsp3) is 0.250. The van der Waals surface area contributed by atoms with E-state index in [1.54, 1.807) is 12.1 Å². The van der Waals surface area contributed by atoms with Gasteiger partial charge in [-0.15, -0.1) is 0 Å². The zero-order chi connectivity index (χ0) is 15.5. The average Bonchev–Trinajstić information content (AvgIpc) is 2.45. The Hall–Kier alpha value is -2.01. The van der Waals surface area contributed by atoms with E-state index < -0.39 is 11.7 Å². The number of rotatable bonds is 4. The maximum absolute atomic E-state index is 12.4. The molecule has 0 aliphatic rings. The van der Waals surface area contributed by atoms with Gasteiger partial charge in [0.15, 0.2) is 0 Å². The van der Waals surface area contributed by atoms with Crippen molar-refractivity contribution in [1.29, 1.82) is 0 Å². The van der Waals surface area contributed by atoms with Crippen molar-refractivity contribution < 1.29 is 17.9 Å². The van der Waals surface area contributed by atoms with Crippen LogP contribution in [0.4, 0.5) is 13.2 Å². The first kappa shape index (κ1) is 15.4. The summed E-state index contributed by atoms with van der Waals surface area (Å²) in [5, 5.41) is 0. The van der Waals surface area contributed by atoms with Gasteiger partial charge in [-0.05, 0) is 42.3 Å². The average molecular weight is 295 g/mol. The third kappa shape index (κ3) is 4.23. The van der Waals surface area contributed by atoms with E-state index in [1.165, 1.54) is 12.1 Å². The normalized spacial score (nSPS) is 13.0. The van der Waals surface area contributed by atoms with Crippen molar-refractivity contribution in [1.82, 2.24) is 0 Å². The summed E-state index contributed by atoms with van der Waals surface area (Å²) in [6.07, 6.45) is -4.31. The summed E-state index contributed by atoms with van der Waals surface area (Å²) in [5.41, 5.74) is 6.76. The fourth-order valence-corrected chi connectivity index (χ4v) is 1.82. The third-order valence-corrected chi connectivity index (χ3v) is 3.09. The topological polar surface area (TPSA) is 35.2 Å². The van der Waals surface area contributed by atoms with Crippen molar-refractivity contribution in [2.24, 2.45) is 5.73 Å². The second kappa shape index (κ2) is 6.18. The predicted molar refractivity (Wildman–Crippen MR) is 74.8 cm³/mol. The molecule has 2 aromatic rings. The highest BCUT2D eigenvalue weighted by Crippen LogP contribution is 2.29. The van der Waals surface area contributed by atoms with Gasteiger partial charge in [0.05, 0.1) is 5.56 Å². The Bertz CT molecular complexity index is 574. The van der Waals surface area contributed by atoms with E-state index in [9.17, 15) is 13.2 Å². The van der Waals surface area contributed by atoms with E-state index >= 15 is 0 Å². The third-order valence-electron chi connectivity index (χ3n) is 3.09. The van der Waals surface area contributed by atoms with E-state index in [0.29, 0.717) is 11.3 Å². The summed E-state index contributed by atoms with van der Waals surface area (Å²) in [4.78, 5) is 0. The Kier molecular flexibility index (Phi) is 4.53. The second-order valence-corrected chi connectivity index (χ2v) is 4.84. The lowest BCUT2D eigenvalue weighted by molar-refractivity contribution is -0.137. The minimum atomic E-state index is -4.31. The molecule has 0 amide bonds. The minimum Gasteiger partial charge on any atom is -0.489 e. The SMILES string of the molecule is C[C@@H](N)c1ccc(OCc2ccc(C(F)(F)F)cc2)cc1. The lowest BCUT2D eigenvalue weighted by Crippen LogP contribution is -2.05. The first-order valence-electron chi connectivity index (χ1n) is 6.51. The molecule has 0 heterocycles. The van der Waals surface area contributed by atoms with Gasteiger partial charge in [0, 0.05) is 6.04 Å². The lowest BCUT2D eigenvalue weighted by Gasteiger charge is -2.10. The molecule has 0 aliphatic carbocycles. The minimum absolute atomic E-state index is 0.0473. The van der Waals surface area contributed by atoms with Gasteiger partial charge in [0.2, 0.25) is 0 Å². The van der Waals surface area contributed by atoms with Crippen LogP contribution >= 0.6 is 0 Å². The molecule has 2 nitrogen and oxygen atoms in total. The van der Waals surface area contributed by atoms with Gasteiger partial charge in [0.1, 0.15) is 12.4 Å². The molecule has 21 heavy (non-hydrogen) atoms. The Balaban J connectivity index is 1.96. The van der Waals surface area contributed by atoms with Crippen LogP contribution in [0.25, 0.3) is 0 Å². The van der Waals surface area contributed by atoms with Crippen molar-refractivity contribution in [3.8, 4) is 5.75 Å². The van der Waals surface area contributed by atoms with Crippen LogP contribution in [-0.2, 0) is 12.8 Å². The number of hydrogen-bond acceptors (Lipinski definition) is 2. The standard InChI is InChI=1S/C16H16F3NO/c1-11(20)13-4-8-15(9-5-13)21-10-12-2-6-14(7-3-12)16(17,18)19/h2-9,11H,10,20H2,1H3/t11-/m1/s1. The Morgan fingerprint density at radius 3 is 2.05 bits per heavy atom. The number of benzene rings is 2. The van der Waals surface area contributed by atoms with E-state index in [2.05, 4.69) is 0 Å². The Morgan fingerprint density at radius 2 is 1.57 bits per heavy atom. The molecule has 0 saturated carbocycles. The molecule has 112 valence electrons. The molecule has 0 bridgehead atoms. The molecule has 0 radical (unpaired) electrons. The summed E-state index contributed by atoms with van der Waals surface area (Å²) < 4.78 is 42.8. The maximum atomic E-state index is 12.4. The predicted octanol–water partition coefficient (Wildman–Crippen LogP) is 4.30. The van der Waals surface area contributed by atoms with E-state index in [4.69, 9.17) is 10.5 Å². The molecule has 0 aromatic heterocycles. The van der Waals surface area contributed by atoms with Gasteiger partial charge in [-0.25, -0.2) is 0 Å². The van der Waals surface area contributed by atoms with Crippen LogP contribution in [0.5, 0.6) is 5.75 Å². The zero-order valence-corrected chi connectivity index (χ0v) is 11.5. The van der Waals surface area contributed by atoms with Crippen LogP contribution in [0.15, 0.2) is 48.5 Å². The van der Waals surface area contributed by atoms with Gasteiger partial charge >= 0.3 is 6.18 Å². The molecule has 2 rings (SSSR count). The van der Waals surface area contributed by atoms with Crippen LogP contribution in [-0.4, -0.2) is 0 Å². The highest BCUT2D eigenvalue weighted by Gasteiger charge is 2.29. The number of hydrogen-bond donors (Lipinski definition) is 1. The highest BCUT2D eigenvalue weighted by atomic mass is 19.4. The molecular weight excluding hydrogens is 279 g/mol. The number of alkyl halides is 3. The highest BCUT2D eigenvalue weighted by molar-refractivity contribution is 5.29. The number of halogens is 3. The number of ether oxygens (including phenoxy) is 1. The molecule has 0 fully saturated rings. The van der Waals surface area contributed by atoms with Crippen molar-refractivity contribution in [2.45, 2.75) is 25.7 Å². The van der Waals surface area contributed by atoms with Crippen LogP contribution < -0.4 is 10.5 Å². The maximum Gasteiger partial charge on any atom is 0.416 e. The molecule has 5 heteroatoms. The van der Waals surface area contributed by atoms with Crippen LogP contribution in [0.2, 0.25) is 0 Å². The van der Waals surface area contributed by atoms with E-state index in [-0.39, 0.29) is 12.6 Å². The quantitative estimate of drug-likeness (QED) is 0.912. The second-order valence-electron chi connectivity index (χ2n) is 4.84. The Morgan fingerprint density at radius 1 is 1.00 bits per heavy atom. The van der Waals surface area contributed by atoms with Crippen molar-refractivity contribution in [3.05, 3.63) is 65.2 Å². The zero-order valence-electron chi connectivity index (χ0n) is 11.5.